The van der Waals surface area contributed by atoms with Gasteiger partial charge in [-0.2, -0.15) is 0 Å². The molecule has 10 heteroatoms. The van der Waals surface area contributed by atoms with Crippen LogP contribution in [0.3, 0.4) is 0 Å². The third kappa shape index (κ3) is 3.25. The molecular formula is C23H19N3O6S. The number of aromatic amines is 1. The average Bonchev–Trinajstić information content (AvgIpc) is 3.47. The highest BCUT2D eigenvalue weighted by atomic mass is 32.1. The van der Waals surface area contributed by atoms with E-state index in [1.807, 2.05) is 0 Å². The summed E-state index contributed by atoms with van der Waals surface area (Å²) in [6.07, 6.45) is 2.03. The minimum absolute atomic E-state index is 0.0630. The van der Waals surface area contributed by atoms with Crippen LogP contribution in [0.1, 0.15) is 26.6 Å². The highest BCUT2D eigenvalue weighted by molar-refractivity contribution is 7.18. The molecule has 1 amide bonds. The number of thiophene rings is 1. The van der Waals surface area contributed by atoms with E-state index in [-0.39, 0.29) is 18.0 Å². The molecule has 0 unspecified atom stereocenters. The lowest BCUT2D eigenvalue weighted by Crippen LogP contribution is -2.37. The molecule has 0 saturated heterocycles. The van der Waals surface area contributed by atoms with Gasteiger partial charge >= 0.3 is 5.69 Å². The number of benzene rings is 1. The summed E-state index contributed by atoms with van der Waals surface area (Å²) in [7, 11) is 0. The lowest BCUT2D eigenvalue weighted by atomic mass is 10.0. The maximum atomic E-state index is 13.3. The molecule has 1 aromatic carbocycles. The number of hydrogen-bond donors (Lipinski definition) is 1. The Morgan fingerprint density at radius 3 is 2.85 bits per heavy atom. The predicted octanol–water partition coefficient (Wildman–Crippen LogP) is 2.36. The number of ether oxygens (including phenoxy) is 2. The van der Waals surface area contributed by atoms with Crippen molar-refractivity contribution in [3.63, 3.8) is 0 Å². The number of para-hydroxylation sites is 1. The number of carbonyl (C=O) groups is 1. The quantitative estimate of drug-likeness (QED) is 0.498. The summed E-state index contributed by atoms with van der Waals surface area (Å²) < 4.78 is 17.8. The highest BCUT2D eigenvalue weighted by Gasteiger charge is 2.30. The minimum Gasteiger partial charge on any atom is -0.486 e. The normalized spacial score (nSPS) is 15.0. The minimum atomic E-state index is -0.483. The number of fused-ring (bicyclic) bond motifs is 4. The molecule has 0 radical (unpaired) electrons. The second kappa shape index (κ2) is 7.66. The fourth-order valence-corrected chi connectivity index (χ4v) is 5.64. The van der Waals surface area contributed by atoms with Gasteiger partial charge in [-0.15, -0.1) is 11.3 Å². The summed E-state index contributed by atoms with van der Waals surface area (Å²) in [5.41, 5.74) is 0.530. The maximum absolute atomic E-state index is 13.3. The Morgan fingerprint density at radius 2 is 2.00 bits per heavy atom. The predicted molar refractivity (Wildman–Crippen MR) is 120 cm³/mol. The van der Waals surface area contributed by atoms with Gasteiger partial charge in [-0.25, -0.2) is 4.79 Å². The van der Waals surface area contributed by atoms with Crippen molar-refractivity contribution in [2.75, 3.05) is 19.8 Å². The average molecular weight is 465 g/mol. The molecule has 0 spiro atoms. The Hall–Kier alpha value is -3.79. The van der Waals surface area contributed by atoms with E-state index >= 15 is 0 Å². The second-order valence-electron chi connectivity index (χ2n) is 7.92. The van der Waals surface area contributed by atoms with Crippen LogP contribution in [-0.2, 0) is 19.5 Å². The zero-order valence-electron chi connectivity index (χ0n) is 17.5. The van der Waals surface area contributed by atoms with Crippen LogP contribution >= 0.6 is 11.3 Å². The van der Waals surface area contributed by atoms with Crippen molar-refractivity contribution in [2.45, 2.75) is 19.5 Å². The van der Waals surface area contributed by atoms with E-state index in [1.54, 1.807) is 35.2 Å². The van der Waals surface area contributed by atoms with Gasteiger partial charge in [0.15, 0.2) is 11.5 Å². The van der Waals surface area contributed by atoms with Crippen molar-refractivity contribution >= 4 is 27.5 Å². The summed E-state index contributed by atoms with van der Waals surface area (Å²) in [5, 5.41) is 0.516. The zero-order valence-corrected chi connectivity index (χ0v) is 18.3. The first-order chi connectivity index (χ1) is 16.1. The zero-order chi connectivity index (χ0) is 22.5. The third-order valence-corrected chi connectivity index (χ3v) is 7.09. The summed E-state index contributed by atoms with van der Waals surface area (Å²) in [5.74, 6) is 1.42. The van der Waals surface area contributed by atoms with Crippen molar-refractivity contribution in [2.24, 2.45) is 0 Å². The first-order valence-corrected chi connectivity index (χ1v) is 11.4. The largest absolute Gasteiger partial charge is 0.486 e. The van der Waals surface area contributed by atoms with E-state index in [9.17, 15) is 14.4 Å². The number of rotatable bonds is 3. The first kappa shape index (κ1) is 19.9. The van der Waals surface area contributed by atoms with E-state index in [2.05, 4.69) is 4.98 Å². The van der Waals surface area contributed by atoms with Gasteiger partial charge in [0.1, 0.15) is 23.8 Å². The molecular weight excluding hydrogens is 446 g/mol. The Bertz CT molecular complexity index is 1500. The molecule has 1 N–H and O–H groups in total. The first-order valence-electron chi connectivity index (χ1n) is 10.6. The van der Waals surface area contributed by atoms with Gasteiger partial charge in [-0.1, -0.05) is 6.07 Å². The fourth-order valence-electron chi connectivity index (χ4n) is 4.40. The summed E-state index contributed by atoms with van der Waals surface area (Å²) in [4.78, 5) is 45.1. The van der Waals surface area contributed by atoms with Gasteiger partial charge < -0.3 is 18.8 Å². The number of furan rings is 1. The number of carbonyl (C=O) groups excluding carboxylic acids is 1. The smallest absolute Gasteiger partial charge is 0.329 e. The number of aromatic nitrogens is 2. The summed E-state index contributed by atoms with van der Waals surface area (Å²) in [6.45, 7) is 1.73. The van der Waals surface area contributed by atoms with Crippen molar-refractivity contribution in [1.82, 2.24) is 14.5 Å². The van der Waals surface area contributed by atoms with Gasteiger partial charge in [0.05, 0.1) is 30.3 Å². The molecule has 0 saturated carbocycles. The molecule has 0 bridgehead atoms. The fraction of sp³-hybridized carbons (Fsp3) is 0.261. The second-order valence-corrected chi connectivity index (χ2v) is 9.02. The van der Waals surface area contributed by atoms with Gasteiger partial charge in [0.2, 0.25) is 0 Å². The Balaban J connectivity index is 1.35. The Kier molecular flexibility index (Phi) is 4.61. The van der Waals surface area contributed by atoms with E-state index in [4.69, 9.17) is 13.9 Å². The molecule has 33 heavy (non-hydrogen) atoms. The molecule has 5 heterocycles. The molecule has 0 atom stereocenters. The number of nitrogens with zero attached hydrogens (tertiary/aromatic N) is 2. The van der Waals surface area contributed by atoms with Gasteiger partial charge in [-0.3, -0.25) is 19.1 Å². The number of nitrogens with one attached hydrogen (secondary N) is 1. The molecule has 6 rings (SSSR count). The summed E-state index contributed by atoms with van der Waals surface area (Å²) in [6, 6.07) is 8.74. The monoisotopic (exact) mass is 465 g/mol. The SMILES string of the molecule is O=C(c1cccc2c1OCCO2)N1CCc2c(sc3[nH]c(=O)n(Cc4ccco4)c(=O)c23)C1. The Morgan fingerprint density at radius 1 is 1.12 bits per heavy atom. The highest BCUT2D eigenvalue weighted by Crippen LogP contribution is 2.36. The van der Waals surface area contributed by atoms with Crippen molar-refractivity contribution < 1.29 is 18.7 Å². The Labute approximate surface area is 190 Å². The van der Waals surface area contributed by atoms with Crippen LogP contribution < -0.4 is 20.7 Å². The molecule has 0 fully saturated rings. The van der Waals surface area contributed by atoms with Crippen LogP contribution in [0.5, 0.6) is 11.5 Å². The number of hydrogen-bond acceptors (Lipinski definition) is 7. The van der Waals surface area contributed by atoms with Crippen LogP contribution in [0.2, 0.25) is 0 Å². The van der Waals surface area contributed by atoms with E-state index in [0.717, 1.165) is 15.0 Å². The molecule has 0 aliphatic carbocycles. The third-order valence-electron chi connectivity index (χ3n) is 5.96. The van der Waals surface area contributed by atoms with Crippen LogP contribution in [-0.4, -0.2) is 40.1 Å². The van der Waals surface area contributed by atoms with E-state index < -0.39 is 5.69 Å². The van der Waals surface area contributed by atoms with Gasteiger partial charge in [0, 0.05) is 11.4 Å². The van der Waals surface area contributed by atoms with Gasteiger partial charge in [-0.05, 0) is 36.2 Å². The van der Waals surface area contributed by atoms with E-state index in [0.29, 0.717) is 65.8 Å². The van der Waals surface area contributed by atoms with Crippen LogP contribution in [0.4, 0.5) is 0 Å². The molecule has 2 aliphatic rings. The molecule has 9 nitrogen and oxygen atoms in total. The standard InChI is InChI=1S/C23H19N3O6S/c27-21(15-4-1-5-16-19(15)32-10-9-31-16)25-7-6-14-17(12-25)33-20-18(14)22(28)26(23(29)24-20)11-13-3-2-8-30-13/h1-5,8H,6-7,9-12H2,(H,24,29). The lowest BCUT2D eigenvalue weighted by molar-refractivity contribution is 0.0727. The number of amides is 1. The van der Waals surface area contributed by atoms with Gasteiger partial charge in [0.25, 0.3) is 11.5 Å². The number of H-pyrrole nitrogens is 1. The van der Waals surface area contributed by atoms with Crippen LogP contribution in [0.15, 0.2) is 50.6 Å². The van der Waals surface area contributed by atoms with Crippen molar-refractivity contribution in [1.29, 1.82) is 0 Å². The van der Waals surface area contributed by atoms with E-state index in [1.165, 1.54) is 17.6 Å². The summed E-state index contributed by atoms with van der Waals surface area (Å²) >= 11 is 1.35. The molecule has 2 aliphatic heterocycles. The molecule has 3 aromatic heterocycles. The molecule has 168 valence electrons. The molecule has 4 aromatic rings. The van der Waals surface area contributed by atoms with Crippen molar-refractivity contribution in [3.05, 3.63) is 79.2 Å². The van der Waals surface area contributed by atoms with Crippen LogP contribution in [0, 0.1) is 0 Å². The maximum Gasteiger partial charge on any atom is 0.329 e. The van der Waals surface area contributed by atoms with Crippen LogP contribution in [0.25, 0.3) is 10.2 Å². The van der Waals surface area contributed by atoms with Crippen molar-refractivity contribution in [3.8, 4) is 11.5 Å². The lowest BCUT2D eigenvalue weighted by Gasteiger charge is -2.28. The topological polar surface area (TPSA) is 107 Å².